The molecule has 0 amide bonds. The van der Waals surface area contributed by atoms with Gasteiger partial charge in [-0.05, 0) is 50.0 Å². The first-order valence-corrected chi connectivity index (χ1v) is 9.17. The summed E-state index contributed by atoms with van der Waals surface area (Å²) in [6, 6.07) is 0. The molecular weight excluding hydrogens is 304 g/mol. The number of fused-ring (bicyclic) bond motifs is 4. The van der Waals surface area contributed by atoms with Crippen LogP contribution in [-0.4, -0.2) is 35.0 Å². The maximum absolute atomic E-state index is 13.1. The zero-order valence-corrected chi connectivity index (χ0v) is 15.2. The summed E-state index contributed by atoms with van der Waals surface area (Å²) in [6.45, 7) is 12.4. The van der Waals surface area contributed by atoms with Crippen molar-refractivity contribution in [1.82, 2.24) is 0 Å². The van der Waals surface area contributed by atoms with Gasteiger partial charge in [0.15, 0.2) is 5.78 Å². The molecule has 4 nitrogen and oxygen atoms in total. The average molecular weight is 332 g/mol. The summed E-state index contributed by atoms with van der Waals surface area (Å²) in [5.41, 5.74) is -0.226. The van der Waals surface area contributed by atoms with Gasteiger partial charge in [-0.25, -0.2) is 0 Å². The Bertz CT molecular complexity index is 636. The second-order valence-electron chi connectivity index (χ2n) is 9.36. The smallest absolute Gasteiger partial charge is 0.159 e. The zero-order chi connectivity index (χ0) is 17.5. The molecule has 4 rings (SSSR count). The number of hydrogen-bond acceptors (Lipinski definition) is 4. The van der Waals surface area contributed by atoms with Crippen molar-refractivity contribution in [1.29, 1.82) is 0 Å². The second kappa shape index (κ2) is 4.79. The van der Waals surface area contributed by atoms with Gasteiger partial charge in [-0.1, -0.05) is 20.4 Å². The highest BCUT2D eigenvalue weighted by molar-refractivity contribution is 6.03. The fraction of sp³-hybridized carbons (Fsp3) is 0.800. The lowest BCUT2D eigenvalue weighted by atomic mass is 9.57. The highest BCUT2D eigenvalue weighted by Crippen LogP contribution is 2.56. The number of epoxide rings is 2. The first kappa shape index (κ1) is 16.5. The van der Waals surface area contributed by atoms with Crippen molar-refractivity contribution in [3.63, 3.8) is 0 Å². The molecule has 24 heavy (non-hydrogen) atoms. The van der Waals surface area contributed by atoms with Crippen molar-refractivity contribution in [2.45, 2.75) is 83.2 Å². The van der Waals surface area contributed by atoms with E-state index in [1.807, 2.05) is 6.92 Å². The standard InChI is InChI=1S/C20H28O4/c1-11-13(21)8-12-9-16-19(4,24-16)7-6-15-20(5,23-15)10-14(22)17(11)18(12,2)3/h12,15-17H,1,6-10H2,2-5H3/t12?,15?,16?,17-,19?,20?/m1/s1. The fourth-order valence-electron chi connectivity index (χ4n) is 5.20. The Morgan fingerprint density at radius 3 is 2.42 bits per heavy atom. The van der Waals surface area contributed by atoms with Gasteiger partial charge in [0, 0.05) is 12.8 Å². The van der Waals surface area contributed by atoms with E-state index >= 15 is 0 Å². The van der Waals surface area contributed by atoms with E-state index in [0.717, 1.165) is 19.3 Å². The number of ketones is 2. The molecule has 132 valence electrons. The van der Waals surface area contributed by atoms with Gasteiger partial charge >= 0.3 is 0 Å². The summed E-state index contributed by atoms with van der Waals surface area (Å²) in [4.78, 5) is 25.6. The molecule has 4 heteroatoms. The topological polar surface area (TPSA) is 59.2 Å². The van der Waals surface area contributed by atoms with Crippen molar-refractivity contribution in [2.75, 3.05) is 0 Å². The molecule has 0 N–H and O–H groups in total. The minimum atomic E-state index is -0.394. The molecule has 2 saturated heterocycles. The van der Waals surface area contributed by atoms with Gasteiger partial charge in [0.1, 0.15) is 5.78 Å². The predicted octanol–water partition coefficient (Wildman–Crippen LogP) is 3.23. The highest BCUT2D eigenvalue weighted by atomic mass is 16.6. The van der Waals surface area contributed by atoms with E-state index in [-0.39, 0.29) is 46.3 Å². The van der Waals surface area contributed by atoms with E-state index in [9.17, 15) is 9.59 Å². The maximum Gasteiger partial charge on any atom is 0.159 e. The van der Waals surface area contributed by atoms with Gasteiger partial charge in [-0.15, -0.1) is 0 Å². The molecule has 0 aromatic carbocycles. The summed E-state index contributed by atoms with van der Waals surface area (Å²) in [5.74, 6) is -0.0575. The normalized spacial score (nSPS) is 50.2. The number of ether oxygens (including phenoxy) is 2. The minimum Gasteiger partial charge on any atom is -0.366 e. The van der Waals surface area contributed by atoms with E-state index in [4.69, 9.17) is 9.47 Å². The van der Waals surface area contributed by atoms with Crippen molar-refractivity contribution in [3.8, 4) is 0 Å². The van der Waals surface area contributed by atoms with Crippen molar-refractivity contribution >= 4 is 11.6 Å². The van der Waals surface area contributed by atoms with Crippen LogP contribution in [0.25, 0.3) is 0 Å². The first-order valence-electron chi connectivity index (χ1n) is 9.17. The van der Waals surface area contributed by atoms with E-state index in [0.29, 0.717) is 18.4 Å². The van der Waals surface area contributed by atoms with E-state index in [2.05, 4.69) is 27.4 Å². The molecule has 4 fully saturated rings. The van der Waals surface area contributed by atoms with Crippen LogP contribution < -0.4 is 0 Å². The number of rotatable bonds is 0. The Labute approximate surface area is 144 Å². The molecule has 2 saturated carbocycles. The number of Topliss-reactive ketones (excluding diaryl/α,β-unsaturated/α-hetero) is 2. The molecular formula is C20H28O4. The van der Waals surface area contributed by atoms with Gasteiger partial charge < -0.3 is 9.47 Å². The van der Waals surface area contributed by atoms with E-state index in [1.165, 1.54) is 0 Å². The van der Waals surface area contributed by atoms with Crippen LogP contribution >= 0.6 is 0 Å². The van der Waals surface area contributed by atoms with Crippen LogP contribution in [0, 0.1) is 17.3 Å². The van der Waals surface area contributed by atoms with Gasteiger partial charge in [0.05, 0.1) is 29.3 Å². The van der Waals surface area contributed by atoms with Gasteiger partial charge in [-0.3, -0.25) is 9.59 Å². The Hall–Kier alpha value is -1.00. The van der Waals surface area contributed by atoms with Gasteiger partial charge in [0.2, 0.25) is 0 Å². The molecule has 2 aliphatic heterocycles. The van der Waals surface area contributed by atoms with Gasteiger partial charge in [0.25, 0.3) is 0 Å². The molecule has 6 atom stereocenters. The summed E-state index contributed by atoms with van der Waals surface area (Å²) >= 11 is 0. The molecule has 2 bridgehead atoms. The summed E-state index contributed by atoms with van der Waals surface area (Å²) in [6.07, 6.45) is 3.96. The second-order valence-corrected chi connectivity index (χ2v) is 9.36. The number of hydrogen-bond donors (Lipinski definition) is 0. The van der Waals surface area contributed by atoms with Crippen LogP contribution in [-0.2, 0) is 19.1 Å². The predicted molar refractivity (Wildman–Crippen MR) is 89.6 cm³/mol. The van der Waals surface area contributed by atoms with E-state index < -0.39 is 5.92 Å². The Morgan fingerprint density at radius 2 is 1.71 bits per heavy atom. The lowest BCUT2D eigenvalue weighted by Gasteiger charge is -2.45. The average Bonchev–Trinajstić information content (AvgIpc) is 3.30. The number of carbonyl (C=O) groups is 2. The van der Waals surface area contributed by atoms with Crippen molar-refractivity contribution < 1.29 is 19.1 Å². The van der Waals surface area contributed by atoms with Crippen LogP contribution in [0.1, 0.15) is 59.8 Å². The van der Waals surface area contributed by atoms with Crippen molar-refractivity contribution in [2.24, 2.45) is 17.3 Å². The minimum absolute atomic E-state index is 0.0514. The number of carbonyl (C=O) groups excluding carboxylic acids is 2. The molecule has 0 aromatic heterocycles. The van der Waals surface area contributed by atoms with Crippen LogP contribution in [0.2, 0.25) is 0 Å². The van der Waals surface area contributed by atoms with Crippen LogP contribution in [0.3, 0.4) is 0 Å². The van der Waals surface area contributed by atoms with Crippen LogP contribution in [0.5, 0.6) is 0 Å². The molecule has 5 unspecified atom stereocenters. The molecule has 4 aliphatic rings. The Balaban J connectivity index is 1.70. The molecule has 0 aromatic rings. The fourth-order valence-corrected chi connectivity index (χ4v) is 5.20. The van der Waals surface area contributed by atoms with Gasteiger partial charge in [-0.2, -0.15) is 0 Å². The summed E-state index contributed by atoms with van der Waals surface area (Å²) < 4.78 is 11.9. The number of allylic oxidation sites excluding steroid dienone is 1. The SMILES string of the molecule is C=C1C(=O)CC2CC3OC3(C)CCC3OC3(C)CC(=O)[C@@H]1C2(C)C. The highest BCUT2D eigenvalue weighted by Gasteiger charge is 2.61. The molecule has 2 heterocycles. The maximum atomic E-state index is 13.1. The third-order valence-corrected chi connectivity index (χ3v) is 7.25. The zero-order valence-electron chi connectivity index (χ0n) is 15.2. The molecule has 0 radical (unpaired) electrons. The third-order valence-electron chi connectivity index (χ3n) is 7.25. The molecule has 2 aliphatic carbocycles. The quantitative estimate of drug-likeness (QED) is 0.505. The van der Waals surface area contributed by atoms with Crippen LogP contribution in [0.4, 0.5) is 0 Å². The first-order chi connectivity index (χ1) is 11.1. The third kappa shape index (κ3) is 2.33. The summed E-state index contributed by atoms with van der Waals surface area (Å²) in [5, 5.41) is 0. The summed E-state index contributed by atoms with van der Waals surface area (Å²) in [7, 11) is 0. The monoisotopic (exact) mass is 332 g/mol. The lowest BCUT2D eigenvalue weighted by Crippen LogP contribution is -2.47. The van der Waals surface area contributed by atoms with E-state index in [1.54, 1.807) is 0 Å². The molecule has 0 spiro atoms. The lowest BCUT2D eigenvalue weighted by molar-refractivity contribution is -0.134. The van der Waals surface area contributed by atoms with Crippen molar-refractivity contribution in [3.05, 3.63) is 12.2 Å². The Morgan fingerprint density at radius 1 is 1.04 bits per heavy atom. The Kier molecular flexibility index (Phi) is 3.29. The van der Waals surface area contributed by atoms with Crippen LogP contribution in [0.15, 0.2) is 12.2 Å². The largest absolute Gasteiger partial charge is 0.366 e.